The number of carbonyl (C=O) groups is 3. The Morgan fingerprint density at radius 3 is 1.81 bits per heavy atom. The lowest BCUT2D eigenvalue weighted by molar-refractivity contribution is -0.122. The average molecular weight is 476 g/mol. The molecular formula is C31H25NO4. The van der Waals surface area contributed by atoms with Crippen molar-refractivity contribution in [3.63, 3.8) is 0 Å². The Labute approximate surface area is 209 Å². The molecule has 3 aromatic carbocycles. The van der Waals surface area contributed by atoms with E-state index >= 15 is 0 Å². The summed E-state index contributed by atoms with van der Waals surface area (Å²) in [5.41, 5.74) is 5.14. The maximum absolute atomic E-state index is 13.8. The lowest BCUT2D eigenvalue weighted by Crippen LogP contribution is -2.33. The first kappa shape index (κ1) is 22.2. The van der Waals surface area contributed by atoms with Gasteiger partial charge in [-0.05, 0) is 47.4 Å². The highest BCUT2D eigenvalue weighted by atomic mass is 16.5. The molecule has 2 bridgehead atoms. The average Bonchev–Trinajstić information content (AvgIpc) is 3.54. The number of nitrogens with zero attached hydrogens (tertiary/aromatic N) is 1. The Bertz CT molecular complexity index is 1350. The lowest BCUT2D eigenvalue weighted by Gasteiger charge is -2.22. The number of amides is 2. The predicted molar refractivity (Wildman–Crippen MR) is 137 cm³/mol. The number of ether oxygens (including phenoxy) is 1. The maximum atomic E-state index is 13.8. The van der Waals surface area contributed by atoms with Gasteiger partial charge in [-0.1, -0.05) is 78.9 Å². The van der Waals surface area contributed by atoms with E-state index < -0.39 is 17.8 Å². The molecule has 3 aromatic rings. The molecule has 36 heavy (non-hydrogen) atoms. The third kappa shape index (κ3) is 3.34. The summed E-state index contributed by atoms with van der Waals surface area (Å²) in [5.74, 6) is -2.08. The van der Waals surface area contributed by atoms with Gasteiger partial charge in [-0.15, -0.1) is 0 Å². The summed E-state index contributed by atoms with van der Waals surface area (Å²) in [4.78, 5) is 41.1. The summed E-state index contributed by atoms with van der Waals surface area (Å²) in [6.45, 7) is 1.99. The van der Waals surface area contributed by atoms with E-state index in [4.69, 9.17) is 4.74 Å². The molecule has 2 fully saturated rings. The molecule has 5 nitrogen and oxygen atoms in total. The third-order valence-corrected chi connectivity index (χ3v) is 7.44. The van der Waals surface area contributed by atoms with Gasteiger partial charge in [0.15, 0.2) is 0 Å². The molecule has 0 spiro atoms. The van der Waals surface area contributed by atoms with Gasteiger partial charge in [-0.2, -0.15) is 0 Å². The van der Waals surface area contributed by atoms with Gasteiger partial charge >= 0.3 is 5.97 Å². The van der Waals surface area contributed by atoms with Crippen molar-refractivity contribution < 1.29 is 19.1 Å². The molecule has 4 atom stereocenters. The fourth-order valence-electron chi connectivity index (χ4n) is 6.05. The third-order valence-electron chi connectivity index (χ3n) is 7.44. The van der Waals surface area contributed by atoms with Gasteiger partial charge < -0.3 is 4.74 Å². The van der Waals surface area contributed by atoms with E-state index in [1.54, 1.807) is 31.2 Å². The maximum Gasteiger partial charge on any atom is 0.338 e. The minimum absolute atomic E-state index is 0.148. The Balaban J connectivity index is 1.42. The van der Waals surface area contributed by atoms with Crippen molar-refractivity contribution >= 4 is 29.0 Å². The fraction of sp³-hybridized carbons (Fsp3) is 0.194. The molecule has 0 N–H and O–H groups in total. The number of rotatable bonds is 5. The summed E-state index contributed by atoms with van der Waals surface area (Å²) >= 11 is 0. The molecular weight excluding hydrogens is 450 g/mol. The van der Waals surface area contributed by atoms with E-state index in [2.05, 4.69) is 36.4 Å². The predicted octanol–water partition coefficient (Wildman–Crippen LogP) is 5.29. The highest BCUT2D eigenvalue weighted by Gasteiger charge is 2.62. The second kappa shape index (κ2) is 8.76. The second-order valence-electron chi connectivity index (χ2n) is 9.33. The van der Waals surface area contributed by atoms with Crippen molar-refractivity contribution in [1.82, 2.24) is 0 Å². The smallest absolute Gasteiger partial charge is 0.338 e. The summed E-state index contributed by atoms with van der Waals surface area (Å²) in [6.07, 6.45) is 4.19. The number of hydrogen-bond acceptors (Lipinski definition) is 4. The molecule has 1 aliphatic heterocycles. The molecule has 0 unspecified atom stereocenters. The van der Waals surface area contributed by atoms with Crippen LogP contribution < -0.4 is 4.90 Å². The summed E-state index contributed by atoms with van der Waals surface area (Å²) in [5, 5.41) is 0. The van der Waals surface area contributed by atoms with Crippen molar-refractivity contribution in [2.24, 2.45) is 23.7 Å². The van der Waals surface area contributed by atoms with Crippen LogP contribution in [-0.4, -0.2) is 24.4 Å². The normalized spacial score (nSPS) is 23.8. The van der Waals surface area contributed by atoms with Crippen LogP contribution in [0.2, 0.25) is 0 Å². The summed E-state index contributed by atoms with van der Waals surface area (Å²) in [7, 11) is 0. The van der Waals surface area contributed by atoms with E-state index in [1.165, 1.54) is 4.90 Å². The van der Waals surface area contributed by atoms with E-state index in [0.29, 0.717) is 11.3 Å². The number of benzene rings is 3. The van der Waals surface area contributed by atoms with E-state index in [-0.39, 0.29) is 30.3 Å². The van der Waals surface area contributed by atoms with Crippen LogP contribution in [0.4, 0.5) is 5.69 Å². The van der Waals surface area contributed by atoms with Crippen LogP contribution in [0.25, 0.3) is 5.57 Å². The van der Waals surface area contributed by atoms with Crippen LogP contribution in [0, 0.1) is 23.7 Å². The largest absolute Gasteiger partial charge is 0.462 e. The molecule has 178 valence electrons. The SMILES string of the molecule is CCOC(=O)c1cccc(N2C(=O)[C@@H]3[C@@H](C2=O)[C@H]2C=C[C@H]3C2=C(c2ccccc2)c2ccccc2)c1. The highest BCUT2D eigenvalue weighted by Crippen LogP contribution is 2.58. The molecule has 0 aromatic heterocycles. The van der Waals surface area contributed by atoms with E-state index in [0.717, 1.165) is 22.3 Å². The highest BCUT2D eigenvalue weighted by molar-refractivity contribution is 6.23. The van der Waals surface area contributed by atoms with Crippen molar-refractivity contribution in [2.75, 3.05) is 11.5 Å². The van der Waals surface area contributed by atoms with Crippen molar-refractivity contribution in [3.05, 3.63) is 119 Å². The molecule has 1 heterocycles. The van der Waals surface area contributed by atoms with Crippen LogP contribution in [-0.2, 0) is 14.3 Å². The monoisotopic (exact) mass is 475 g/mol. The Kier molecular flexibility index (Phi) is 5.41. The van der Waals surface area contributed by atoms with Crippen molar-refractivity contribution in [3.8, 4) is 0 Å². The number of imide groups is 1. The molecule has 0 radical (unpaired) electrons. The molecule has 3 aliphatic rings. The second-order valence-corrected chi connectivity index (χ2v) is 9.33. The summed E-state index contributed by atoms with van der Waals surface area (Å²) in [6, 6.07) is 26.9. The topological polar surface area (TPSA) is 63.7 Å². The first-order chi connectivity index (χ1) is 17.6. The molecule has 6 rings (SSSR count). The Morgan fingerprint density at radius 1 is 0.750 bits per heavy atom. The standard InChI is InChI=1S/C31H25NO4/c1-2-36-31(35)21-14-9-15-22(18-21)32-29(33)27-23-16-17-24(28(27)30(32)34)26(23)25(19-10-5-3-6-11-19)20-12-7-4-8-13-20/h3-18,23-24,27-28H,2H2,1H3/t23-,24-,27-,28-/m0/s1. The van der Waals surface area contributed by atoms with Gasteiger partial charge in [0.05, 0.1) is 29.7 Å². The number of fused-ring (bicyclic) bond motifs is 5. The molecule has 1 saturated heterocycles. The molecule has 1 saturated carbocycles. The van der Waals surface area contributed by atoms with Gasteiger partial charge in [0.1, 0.15) is 0 Å². The zero-order valence-electron chi connectivity index (χ0n) is 19.8. The molecule has 2 amide bonds. The van der Waals surface area contributed by atoms with Gasteiger partial charge in [-0.25, -0.2) is 9.69 Å². The van der Waals surface area contributed by atoms with Crippen LogP contribution >= 0.6 is 0 Å². The number of hydrogen-bond donors (Lipinski definition) is 0. The lowest BCUT2D eigenvalue weighted by atomic mass is 9.85. The van der Waals surface area contributed by atoms with Gasteiger partial charge in [0.25, 0.3) is 0 Å². The zero-order valence-corrected chi connectivity index (χ0v) is 19.8. The van der Waals surface area contributed by atoms with Gasteiger partial charge in [0.2, 0.25) is 11.8 Å². The van der Waals surface area contributed by atoms with E-state index in [9.17, 15) is 14.4 Å². The number of anilines is 1. The molecule has 2 aliphatic carbocycles. The minimum atomic E-state index is -0.471. The first-order valence-corrected chi connectivity index (χ1v) is 12.3. The van der Waals surface area contributed by atoms with Gasteiger partial charge in [-0.3, -0.25) is 9.59 Å². The Hall–Kier alpha value is -4.25. The number of carbonyl (C=O) groups excluding carboxylic acids is 3. The zero-order chi connectivity index (χ0) is 24.8. The van der Waals surface area contributed by atoms with Crippen LogP contribution in [0.3, 0.4) is 0 Å². The number of allylic oxidation sites excluding steroid dienone is 3. The quantitative estimate of drug-likeness (QED) is 0.286. The van der Waals surface area contributed by atoms with Crippen molar-refractivity contribution in [1.29, 1.82) is 0 Å². The number of esters is 1. The molecule has 5 heteroatoms. The van der Waals surface area contributed by atoms with Crippen LogP contribution in [0.5, 0.6) is 0 Å². The van der Waals surface area contributed by atoms with Crippen LogP contribution in [0.15, 0.2) is 103 Å². The van der Waals surface area contributed by atoms with Crippen LogP contribution in [0.1, 0.15) is 28.4 Å². The summed E-state index contributed by atoms with van der Waals surface area (Å²) < 4.78 is 5.10. The first-order valence-electron chi connectivity index (χ1n) is 12.3. The fourth-order valence-corrected chi connectivity index (χ4v) is 6.05. The minimum Gasteiger partial charge on any atom is -0.462 e. The van der Waals surface area contributed by atoms with Crippen molar-refractivity contribution in [2.45, 2.75) is 6.92 Å². The Morgan fingerprint density at radius 2 is 1.28 bits per heavy atom. The van der Waals surface area contributed by atoms with Gasteiger partial charge in [0, 0.05) is 11.8 Å². The van der Waals surface area contributed by atoms with E-state index in [1.807, 2.05) is 36.4 Å².